The second-order valence-corrected chi connectivity index (χ2v) is 10.1. The fourth-order valence-corrected chi connectivity index (χ4v) is 5.13. The molecule has 0 bridgehead atoms. The highest BCUT2D eigenvalue weighted by molar-refractivity contribution is 8.18. The first-order valence-corrected chi connectivity index (χ1v) is 12.6. The van der Waals surface area contributed by atoms with Crippen molar-refractivity contribution in [2.24, 2.45) is 0 Å². The van der Waals surface area contributed by atoms with Crippen molar-refractivity contribution in [3.8, 4) is 11.5 Å². The fourth-order valence-electron chi connectivity index (χ4n) is 3.33. The number of amides is 2. The molecule has 4 rings (SSSR count). The molecule has 0 unspecified atom stereocenters. The summed E-state index contributed by atoms with van der Waals surface area (Å²) in [6.45, 7) is 1.60. The summed E-state index contributed by atoms with van der Waals surface area (Å²) in [6.07, 6.45) is 1.36. The van der Waals surface area contributed by atoms with Crippen molar-refractivity contribution in [3.63, 3.8) is 0 Å². The number of thioether (sulfide) groups is 1. The Morgan fingerprint density at radius 2 is 1.71 bits per heavy atom. The molecule has 0 atom stereocenters. The molecule has 2 amide bonds. The van der Waals surface area contributed by atoms with E-state index in [2.05, 4.69) is 0 Å². The number of carbonyl (C=O) groups excluding carboxylic acids is 2. The standard InChI is InChI=1S/C25H20FNO6S2/c1-16-10-12-19(13-11-16)35(30,31)33-23-17(7-5-9-21(23)32-2)14-22-24(28)27(25(29)34-22)15-18-6-3-4-8-20(18)26/h3-14H,15H2,1-2H3/b22-14-. The average Bonchev–Trinajstić information content (AvgIpc) is 3.09. The first-order chi connectivity index (χ1) is 16.7. The number of halogens is 1. The SMILES string of the molecule is COc1cccc(/C=C2\SC(=O)N(Cc3ccccc3F)C2=O)c1OS(=O)(=O)c1ccc(C)cc1. The van der Waals surface area contributed by atoms with E-state index in [9.17, 15) is 22.4 Å². The minimum atomic E-state index is -4.22. The first-order valence-electron chi connectivity index (χ1n) is 10.4. The topological polar surface area (TPSA) is 90.0 Å². The number of hydrogen-bond acceptors (Lipinski definition) is 7. The van der Waals surface area contributed by atoms with Crippen molar-refractivity contribution < 1.29 is 31.3 Å². The van der Waals surface area contributed by atoms with Crippen LogP contribution in [0.2, 0.25) is 0 Å². The molecule has 0 saturated carbocycles. The Kier molecular flexibility index (Phi) is 6.95. The number of ether oxygens (including phenoxy) is 1. The number of benzene rings is 3. The molecule has 0 aromatic heterocycles. The smallest absolute Gasteiger partial charge is 0.339 e. The van der Waals surface area contributed by atoms with Crippen LogP contribution in [0.3, 0.4) is 0 Å². The molecule has 3 aromatic rings. The summed E-state index contributed by atoms with van der Waals surface area (Å²) in [4.78, 5) is 26.4. The molecular weight excluding hydrogens is 493 g/mol. The van der Waals surface area contributed by atoms with E-state index in [1.165, 1.54) is 55.7 Å². The Bertz CT molecular complexity index is 1430. The zero-order valence-electron chi connectivity index (χ0n) is 18.7. The minimum Gasteiger partial charge on any atom is -0.493 e. The summed E-state index contributed by atoms with van der Waals surface area (Å²) < 4.78 is 50.6. The molecule has 1 heterocycles. The molecular formula is C25H20FNO6S2. The van der Waals surface area contributed by atoms with Gasteiger partial charge >= 0.3 is 10.1 Å². The van der Waals surface area contributed by atoms with Crippen molar-refractivity contribution >= 4 is 39.1 Å². The van der Waals surface area contributed by atoms with E-state index in [4.69, 9.17) is 8.92 Å². The van der Waals surface area contributed by atoms with E-state index in [1.54, 1.807) is 24.3 Å². The van der Waals surface area contributed by atoms with Gasteiger partial charge in [-0.3, -0.25) is 14.5 Å². The van der Waals surface area contributed by atoms with Crippen LogP contribution in [-0.4, -0.2) is 31.6 Å². The zero-order valence-corrected chi connectivity index (χ0v) is 20.4. The normalized spacial score (nSPS) is 15.1. The van der Waals surface area contributed by atoms with Gasteiger partial charge in [-0.25, -0.2) is 4.39 Å². The third-order valence-corrected chi connectivity index (χ3v) is 7.32. The molecule has 1 fully saturated rings. The Labute approximate surface area is 206 Å². The van der Waals surface area contributed by atoms with Gasteiger partial charge in [0, 0.05) is 11.1 Å². The van der Waals surface area contributed by atoms with Crippen LogP contribution >= 0.6 is 11.8 Å². The maximum atomic E-state index is 14.0. The Morgan fingerprint density at radius 3 is 2.40 bits per heavy atom. The van der Waals surface area contributed by atoms with Gasteiger partial charge in [0.05, 0.1) is 18.6 Å². The largest absolute Gasteiger partial charge is 0.493 e. The van der Waals surface area contributed by atoms with E-state index in [0.29, 0.717) is 11.8 Å². The van der Waals surface area contributed by atoms with Crippen LogP contribution < -0.4 is 8.92 Å². The number of rotatable bonds is 7. The van der Waals surface area contributed by atoms with Crippen LogP contribution in [0.25, 0.3) is 6.08 Å². The molecule has 10 heteroatoms. The maximum absolute atomic E-state index is 14.0. The van der Waals surface area contributed by atoms with Gasteiger partial charge in [-0.05, 0) is 49.0 Å². The monoisotopic (exact) mass is 513 g/mol. The molecule has 3 aromatic carbocycles. The minimum absolute atomic E-state index is 0.0391. The van der Waals surface area contributed by atoms with Crippen molar-refractivity contribution in [1.29, 1.82) is 0 Å². The molecule has 7 nitrogen and oxygen atoms in total. The number of methoxy groups -OCH3 is 1. The van der Waals surface area contributed by atoms with Gasteiger partial charge in [-0.1, -0.05) is 48.0 Å². The van der Waals surface area contributed by atoms with Crippen LogP contribution in [-0.2, 0) is 21.5 Å². The number of hydrogen-bond donors (Lipinski definition) is 0. The maximum Gasteiger partial charge on any atom is 0.339 e. The number of imide groups is 1. The second kappa shape index (κ2) is 9.93. The highest BCUT2D eigenvalue weighted by atomic mass is 32.2. The third-order valence-electron chi connectivity index (χ3n) is 5.18. The van der Waals surface area contributed by atoms with Crippen LogP contribution in [0.5, 0.6) is 11.5 Å². The Hall–Kier alpha value is -3.63. The summed E-state index contributed by atoms with van der Waals surface area (Å²) in [6, 6.07) is 16.7. The van der Waals surface area contributed by atoms with Crippen molar-refractivity contribution in [3.05, 3.63) is 94.1 Å². The van der Waals surface area contributed by atoms with Gasteiger partial charge < -0.3 is 8.92 Å². The quantitative estimate of drug-likeness (QED) is 0.319. The molecule has 1 saturated heterocycles. The predicted octanol–water partition coefficient (Wildman–Crippen LogP) is 5.15. The van der Waals surface area contributed by atoms with E-state index in [1.807, 2.05) is 6.92 Å². The van der Waals surface area contributed by atoms with Crippen LogP contribution in [0.4, 0.5) is 9.18 Å². The molecule has 35 heavy (non-hydrogen) atoms. The van der Waals surface area contributed by atoms with E-state index in [-0.39, 0.29) is 39.0 Å². The second-order valence-electron chi connectivity index (χ2n) is 7.59. The molecule has 0 spiro atoms. The molecule has 0 aliphatic carbocycles. The lowest BCUT2D eigenvalue weighted by atomic mass is 10.1. The summed E-state index contributed by atoms with van der Waals surface area (Å²) in [5, 5.41) is -0.567. The number of nitrogens with zero attached hydrogens (tertiary/aromatic N) is 1. The highest BCUT2D eigenvalue weighted by Gasteiger charge is 2.36. The summed E-state index contributed by atoms with van der Waals surface area (Å²) in [5.41, 5.74) is 1.30. The molecule has 0 radical (unpaired) electrons. The van der Waals surface area contributed by atoms with Gasteiger partial charge in [0.25, 0.3) is 11.1 Å². The van der Waals surface area contributed by atoms with Gasteiger partial charge in [0.1, 0.15) is 10.7 Å². The lowest BCUT2D eigenvalue weighted by Crippen LogP contribution is -2.27. The summed E-state index contributed by atoms with van der Waals surface area (Å²) in [5.74, 6) is -1.16. The van der Waals surface area contributed by atoms with E-state index >= 15 is 0 Å². The van der Waals surface area contributed by atoms with Crippen molar-refractivity contribution in [2.75, 3.05) is 7.11 Å². The lowest BCUT2D eigenvalue weighted by molar-refractivity contribution is -0.123. The predicted molar refractivity (Wildman–Crippen MR) is 130 cm³/mol. The molecule has 180 valence electrons. The molecule has 1 aliphatic heterocycles. The van der Waals surface area contributed by atoms with Gasteiger partial charge in [0.2, 0.25) is 0 Å². The number of para-hydroxylation sites is 1. The average molecular weight is 514 g/mol. The number of aryl methyl sites for hydroxylation is 1. The highest BCUT2D eigenvalue weighted by Crippen LogP contribution is 2.39. The molecule has 0 N–H and O–H groups in total. The van der Waals surface area contributed by atoms with Gasteiger partial charge in [-0.15, -0.1) is 0 Å². The third kappa shape index (κ3) is 5.23. The first kappa shape index (κ1) is 24.5. The summed E-state index contributed by atoms with van der Waals surface area (Å²) >= 11 is 0.670. The van der Waals surface area contributed by atoms with Crippen LogP contribution in [0.1, 0.15) is 16.7 Å². The van der Waals surface area contributed by atoms with Crippen LogP contribution in [0, 0.1) is 12.7 Å². The number of carbonyl (C=O) groups is 2. The van der Waals surface area contributed by atoms with Crippen molar-refractivity contribution in [2.45, 2.75) is 18.4 Å². The van der Waals surface area contributed by atoms with Gasteiger partial charge in [-0.2, -0.15) is 8.42 Å². The Morgan fingerprint density at radius 1 is 1.00 bits per heavy atom. The van der Waals surface area contributed by atoms with E-state index < -0.39 is 27.1 Å². The van der Waals surface area contributed by atoms with Crippen molar-refractivity contribution in [1.82, 2.24) is 4.90 Å². The fraction of sp³-hybridized carbons (Fsp3) is 0.120. The summed E-state index contributed by atoms with van der Waals surface area (Å²) in [7, 11) is -2.87. The van der Waals surface area contributed by atoms with Crippen LogP contribution in [0.15, 0.2) is 76.5 Å². The molecule has 1 aliphatic rings. The van der Waals surface area contributed by atoms with Gasteiger partial charge in [0.15, 0.2) is 11.5 Å². The van der Waals surface area contributed by atoms with E-state index in [0.717, 1.165) is 10.5 Å². The lowest BCUT2D eigenvalue weighted by Gasteiger charge is -2.14. The Balaban J connectivity index is 1.67. The zero-order chi connectivity index (χ0) is 25.2.